The van der Waals surface area contributed by atoms with Crippen molar-refractivity contribution in [3.8, 4) is 22.9 Å². The largest absolute Gasteiger partial charge is 0.458 e. The number of ether oxygens (including phenoxy) is 1. The molecule has 4 aliphatic rings. The van der Waals surface area contributed by atoms with Gasteiger partial charge in [-0.25, -0.2) is 0 Å². The molecule has 0 radical (unpaired) electrons. The summed E-state index contributed by atoms with van der Waals surface area (Å²) in [5, 5.41) is 5.11. The molecule has 10 aromatic rings. The van der Waals surface area contributed by atoms with Crippen LogP contribution in [0.15, 0.2) is 152 Å². The highest BCUT2D eigenvalue weighted by Crippen LogP contribution is 2.46. The van der Waals surface area contributed by atoms with E-state index >= 15 is 0 Å². The number of nitrogens with zero attached hydrogens (tertiary/aromatic N) is 3. The summed E-state index contributed by atoms with van der Waals surface area (Å²) in [6, 6.07) is 57.6. The molecule has 6 heterocycles. The highest BCUT2D eigenvalue weighted by atomic mass is 16.5. The smallest absolute Gasteiger partial charge is 0.256 e. The summed E-state index contributed by atoms with van der Waals surface area (Å²) in [5.41, 5.74) is 21.8. The van der Waals surface area contributed by atoms with Gasteiger partial charge in [-0.3, -0.25) is 0 Å². The molecule has 0 fully saturated rings. The van der Waals surface area contributed by atoms with E-state index < -0.39 is 0 Å². The van der Waals surface area contributed by atoms with Crippen molar-refractivity contribution in [2.45, 2.75) is 52.4 Å². The van der Waals surface area contributed by atoms with Crippen molar-refractivity contribution in [2.75, 3.05) is 4.90 Å². The average molecular weight is 796 g/mol. The lowest BCUT2D eigenvalue weighted by atomic mass is 9.33. The standard InChI is InChI=1S/C56H43B2N3O/c1-55(2,3)32-20-24-45-41(28-32)57-39-16-10-12-18-43(39)60-47-31-48-38(30-37(47)35-22-25-46(51(57)53(35)60)59(45)34-14-8-7-9-15-34)36-23-27-50-52-54(36)61(48)44-19-13-11-17-40(44)58(52)42-29-33(56(4,5)6)21-26-49(42)62-50/h7-31H,1-6H3. The normalized spacial score (nSPS) is 14.3. The van der Waals surface area contributed by atoms with E-state index in [-0.39, 0.29) is 24.3 Å². The number of para-hydroxylation sites is 3. The van der Waals surface area contributed by atoms with Gasteiger partial charge in [-0.05, 0) is 121 Å². The van der Waals surface area contributed by atoms with Gasteiger partial charge in [-0.15, -0.1) is 0 Å². The molecule has 0 saturated heterocycles. The molecule has 0 spiro atoms. The molecule has 4 nitrogen and oxygen atoms in total. The number of anilines is 3. The van der Waals surface area contributed by atoms with Crippen LogP contribution in [0.4, 0.5) is 17.1 Å². The zero-order valence-corrected chi connectivity index (χ0v) is 35.8. The second-order valence-corrected chi connectivity index (χ2v) is 20.1. The third-order valence-corrected chi connectivity index (χ3v) is 14.7. The molecular formula is C56H43B2N3O. The predicted molar refractivity (Wildman–Crippen MR) is 263 cm³/mol. The third kappa shape index (κ3) is 4.30. The molecule has 0 atom stereocenters. The van der Waals surface area contributed by atoms with Gasteiger partial charge in [-0.2, -0.15) is 0 Å². The molecule has 62 heavy (non-hydrogen) atoms. The Bertz CT molecular complexity index is 3660. The molecule has 4 aliphatic heterocycles. The van der Waals surface area contributed by atoms with Crippen LogP contribution in [0.1, 0.15) is 52.7 Å². The first-order chi connectivity index (χ1) is 30.0. The topological polar surface area (TPSA) is 22.3 Å². The molecule has 6 heteroatoms. The van der Waals surface area contributed by atoms with Crippen molar-refractivity contribution in [3.05, 3.63) is 163 Å². The molecule has 14 rings (SSSR count). The van der Waals surface area contributed by atoms with E-state index in [9.17, 15) is 0 Å². The minimum atomic E-state index is 0.00996. The molecule has 0 saturated carbocycles. The van der Waals surface area contributed by atoms with Gasteiger partial charge in [0.25, 0.3) is 13.4 Å². The molecule has 0 amide bonds. The fourth-order valence-corrected chi connectivity index (χ4v) is 11.8. The third-order valence-electron chi connectivity index (χ3n) is 14.7. The fraction of sp³-hybridized carbons (Fsp3) is 0.143. The molecular weight excluding hydrogens is 752 g/mol. The van der Waals surface area contributed by atoms with E-state index in [0.29, 0.717) is 0 Å². The van der Waals surface area contributed by atoms with Crippen LogP contribution in [-0.2, 0) is 10.8 Å². The van der Waals surface area contributed by atoms with Crippen molar-refractivity contribution in [3.63, 3.8) is 0 Å². The van der Waals surface area contributed by atoms with Crippen LogP contribution in [0.5, 0.6) is 11.5 Å². The van der Waals surface area contributed by atoms with Gasteiger partial charge >= 0.3 is 0 Å². The van der Waals surface area contributed by atoms with Crippen molar-refractivity contribution < 1.29 is 4.74 Å². The molecule has 0 bridgehead atoms. The molecule has 2 aromatic heterocycles. The Morgan fingerprint density at radius 2 is 0.935 bits per heavy atom. The summed E-state index contributed by atoms with van der Waals surface area (Å²) in [4.78, 5) is 2.51. The van der Waals surface area contributed by atoms with Crippen molar-refractivity contribution in [1.29, 1.82) is 0 Å². The summed E-state index contributed by atoms with van der Waals surface area (Å²) in [6.07, 6.45) is 0. The number of fused-ring (bicyclic) bond motifs is 16. The van der Waals surface area contributed by atoms with Gasteiger partial charge in [0.1, 0.15) is 11.5 Å². The minimum Gasteiger partial charge on any atom is -0.458 e. The first-order valence-electron chi connectivity index (χ1n) is 22.2. The van der Waals surface area contributed by atoms with E-state index in [1.165, 1.54) is 116 Å². The molecule has 0 N–H and O–H groups in total. The lowest BCUT2D eigenvalue weighted by molar-refractivity contribution is 0.486. The van der Waals surface area contributed by atoms with Crippen LogP contribution < -0.4 is 42.4 Å². The summed E-state index contributed by atoms with van der Waals surface area (Å²) in [6.45, 7) is 14.0. The monoisotopic (exact) mass is 795 g/mol. The maximum absolute atomic E-state index is 6.85. The minimum absolute atomic E-state index is 0.00996. The van der Waals surface area contributed by atoms with Crippen LogP contribution in [0.2, 0.25) is 0 Å². The summed E-state index contributed by atoms with van der Waals surface area (Å²) < 4.78 is 12.0. The van der Waals surface area contributed by atoms with Gasteiger partial charge in [0.15, 0.2) is 0 Å². The number of benzene rings is 8. The molecule has 294 valence electrons. The quantitative estimate of drug-likeness (QED) is 0.155. The Hall–Kier alpha value is -6.91. The number of hydrogen-bond donors (Lipinski definition) is 0. The van der Waals surface area contributed by atoms with Gasteiger partial charge in [0.05, 0.1) is 22.1 Å². The van der Waals surface area contributed by atoms with Crippen LogP contribution in [-0.4, -0.2) is 22.6 Å². The van der Waals surface area contributed by atoms with Crippen molar-refractivity contribution in [2.24, 2.45) is 0 Å². The lowest BCUT2D eigenvalue weighted by Crippen LogP contribution is -2.60. The van der Waals surface area contributed by atoms with E-state index in [1.807, 2.05) is 0 Å². The number of hydrogen-bond acceptors (Lipinski definition) is 2. The Morgan fingerprint density at radius 1 is 0.403 bits per heavy atom. The van der Waals surface area contributed by atoms with Gasteiger partial charge in [0, 0.05) is 50.0 Å². The molecule has 0 unspecified atom stereocenters. The Morgan fingerprint density at radius 3 is 1.60 bits per heavy atom. The number of aromatic nitrogens is 2. The SMILES string of the molecule is CC(C)(C)c1ccc2c(c1)B1c3ccccc3-n3c4cc5c(cc4c4ccc(c1c43)O2)c1ccc2c3c1n5-c1ccccc1B3c1cc(C(C)(C)C)ccc1N2c1ccccc1. The Kier molecular flexibility index (Phi) is 6.45. The zero-order valence-electron chi connectivity index (χ0n) is 35.8. The van der Waals surface area contributed by atoms with Gasteiger partial charge < -0.3 is 18.8 Å². The van der Waals surface area contributed by atoms with E-state index in [1.54, 1.807) is 0 Å². The Balaban J connectivity index is 1.10. The van der Waals surface area contributed by atoms with Crippen LogP contribution in [0.25, 0.3) is 55.0 Å². The van der Waals surface area contributed by atoms with Crippen LogP contribution in [0.3, 0.4) is 0 Å². The second-order valence-electron chi connectivity index (χ2n) is 20.1. The molecule has 8 aromatic carbocycles. The summed E-state index contributed by atoms with van der Waals surface area (Å²) in [5.74, 6) is 1.91. The van der Waals surface area contributed by atoms with Crippen LogP contribution >= 0.6 is 0 Å². The summed E-state index contributed by atoms with van der Waals surface area (Å²) in [7, 11) is 0. The van der Waals surface area contributed by atoms with Crippen molar-refractivity contribution >= 4 is 107 Å². The van der Waals surface area contributed by atoms with E-state index in [4.69, 9.17) is 4.74 Å². The van der Waals surface area contributed by atoms with E-state index in [2.05, 4.69) is 207 Å². The van der Waals surface area contributed by atoms with Crippen molar-refractivity contribution in [1.82, 2.24) is 9.13 Å². The fourth-order valence-electron chi connectivity index (χ4n) is 11.8. The van der Waals surface area contributed by atoms with Gasteiger partial charge in [0.2, 0.25) is 0 Å². The molecule has 0 aliphatic carbocycles. The lowest BCUT2D eigenvalue weighted by Gasteiger charge is -2.40. The first kappa shape index (κ1) is 34.8. The van der Waals surface area contributed by atoms with Gasteiger partial charge in [-0.1, -0.05) is 126 Å². The zero-order chi connectivity index (χ0) is 41.6. The first-order valence-corrected chi connectivity index (χ1v) is 22.2. The second kappa shape index (κ2) is 11.5. The predicted octanol–water partition coefficient (Wildman–Crippen LogP) is 10.0. The highest BCUT2D eigenvalue weighted by molar-refractivity contribution is 7.00. The average Bonchev–Trinajstić information content (AvgIpc) is 3.79. The number of rotatable bonds is 1. The van der Waals surface area contributed by atoms with E-state index in [0.717, 1.165) is 11.5 Å². The maximum Gasteiger partial charge on any atom is 0.256 e. The highest BCUT2D eigenvalue weighted by Gasteiger charge is 2.44. The maximum atomic E-state index is 6.85. The van der Waals surface area contributed by atoms with Crippen LogP contribution in [0, 0.1) is 0 Å². The summed E-state index contributed by atoms with van der Waals surface area (Å²) >= 11 is 0. The Labute approximate surface area is 362 Å².